The molecule has 0 aromatic heterocycles. The molecule has 0 aromatic carbocycles. The lowest BCUT2D eigenvalue weighted by Gasteiger charge is -2.32. The average molecular weight is 460 g/mol. The Morgan fingerprint density at radius 3 is 2.81 bits per heavy atom. The highest BCUT2D eigenvalue weighted by molar-refractivity contribution is 6.20. The zero-order valence-corrected chi connectivity index (χ0v) is 19.5. The van der Waals surface area contributed by atoms with Crippen molar-refractivity contribution < 1.29 is 14.3 Å². The number of amides is 1. The third-order valence-electron chi connectivity index (χ3n) is 5.97. The van der Waals surface area contributed by atoms with Gasteiger partial charge in [0.1, 0.15) is 5.50 Å². The molecule has 1 amide bonds. The van der Waals surface area contributed by atoms with Crippen LogP contribution in [0, 0.1) is 0 Å². The third-order valence-corrected chi connectivity index (χ3v) is 6.46. The molecule has 10 nitrogen and oxygen atoms in total. The van der Waals surface area contributed by atoms with E-state index in [9.17, 15) is 9.59 Å². The van der Waals surface area contributed by atoms with Gasteiger partial charge in [-0.1, -0.05) is 18.6 Å². The smallest absolute Gasteiger partial charge is 0.305 e. The first kappa shape index (κ1) is 26.0. The van der Waals surface area contributed by atoms with Crippen LogP contribution in [0.4, 0.5) is 0 Å². The summed E-state index contributed by atoms with van der Waals surface area (Å²) in [6.07, 6.45) is 4.22. The van der Waals surface area contributed by atoms with E-state index in [0.29, 0.717) is 25.0 Å². The molecular weight excluding hydrogens is 422 g/mol. The van der Waals surface area contributed by atoms with Gasteiger partial charge in [0, 0.05) is 25.0 Å². The molecule has 0 radical (unpaired) electrons. The van der Waals surface area contributed by atoms with Gasteiger partial charge >= 0.3 is 5.97 Å². The Hall–Kier alpha value is -1.27. The molecule has 6 unspecified atom stereocenters. The molecule has 2 aliphatic rings. The molecule has 178 valence electrons. The van der Waals surface area contributed by atoms with Crippen LogP contribution in [0.25, 0.3) is 0 Å². The van der Waals surface area contributed by atoms with Crippen molar-refractivity contribution in [2.75, 3.05) is 27.2 Å². The average Bonchev–Trinajstić information content (AvgIpc) is 3.11. The summed E-state index contributed by atoms with van der Waals surface area (Å²) >= 11 is 5.99. The van der Waals surface area contributed by atoms with Gasteiger partial charge in [-0.15, -0.1) is 11.6 Å². The summed E-state index contributed by atoms with van der Waals surface area (Å²) in [6, 6.07) is 0.696. The molecule has 1 fully saturated rings. The maximum Gasteiger partial charge on any atom is 0.305 e. The molecule has 1 aliphatic carbocycles. The molecule has 8 N–H and O–H groups in total. The lowest BCUT2D eigenvalue weighted by atomic mass is 9.88. The molecule has 31 heavy (non-hydrogen) atoms. The Morgan fingerprint density at radius 2 is 2.16 bits per heavy atom. The number of alkyl halides is 1. The van der Waals surface area contributed by atoms with Gasteiger partial charge in [0.05, 0.1) is 32.0 Å². The number of hydrogen-bond donors (Lipinski definition) is 6. The Kier molecular flexibility index (Phi) is 10.6. The van der Waals surface area contributed by atoms with Crippen LogP contribution in [0.15, 0.2) is 11.6 Å². The van der Waals surface area contributed by atoms with Crippen LogP contribution < -0.4 is 32.7 Å². The Balaban J connectivity index is 1.79. The summed E-state index contributed by atoms with van der Waals surface area (Å²) in [5.74, 6) is -0.325. The van der Waals surface area contributed by atoms with E-state index in [-0.39, 0.29) is 24.5 Å². The van der Waals surface area contributed by atoms with Crippen molar-refractivity contribution in [1.82, 2.24) is 26.2 Å². The van der Waals surface area contributed by atoms with E-state index >= 15 is 0 Å². The van der Waals surface area contributed by atoms with Crippen molar-refractivity contribution in [1.29, 1.82) is 0 Å². The highest BCUT2D eigenvalue weighted by Gasteiger charge is 2.41. The SMILES string of the molecule is CCN1C(CNC(=O)CC(N)NC(N)C(Cl)NC)NC2CC=C(CCC(=O)OC)CC21. The number of fused-ring (bicyclic) bond motifs is 1. The van der Waals surface area contributed by atoms with E-state index in [4.69, 9.17) is 27.8 Å². The fourth-order valence-corrected chi connectivity index (χ4v) is 4.37. The van der Waals surface area contributed by atoms with E-state index in [1.54, 1.807) is 7.05 Å². The number of hydrogen-bond acceptors (Lipinski definition) is 9. The molecule has 0 bridgehead atoms. The number of halogens is 1. The van der Waals surface area contributed by atoms with Crippen molar-refractivity contribution in [2.24, 2.45) is 11.5 Å². The summed E-state index contributed by atoms with van der Waals surface area (Å²) < 4.78 is 4.75. The molecule has 1 heterocycles. The number of rotatable bonds is 12. The van der Waals surface area contributed by atoms with Gasteiger partial charge in [0.25, 0.3) is 0 Å². The summed E-state index contributed by atoms with van der Waals surface area (Å²) in [4.78, 5) is 26.2. The summed E-state index contributed by atoms with van der Waals surface area (Å²) in [7, 11) is 3.11. The lowest BCUT2D eigenvalue weighted by molar-refractivity contribution is -0.140. The fraction of sp³-hybridized carbons (Fsp3) is 0.800. The van der Waals surface area contributed by atoms with Crippen molar-refractivity contribution in [2.45, 2.75) is 75.1 Å². The second-order valence-corrected chi connectivity index (χ2v) is 8.53. The molecule has 1 saturated heterocycles. The van der Waals surface area contributed by atoms with Crippen LogP contribution in [0.2, 0.25) is 0 Å². The zero-order valence-electron chi connectivity index (χ0n) is 18.7. The lowest BCUT2D eigenvalue weighted by Crippen LogP contribution is -2.57. The number of nitrogens with zero attached hydrogens (tertiary/aromatic N) is 1. The van der Waals surface area contributed by atoms with Crippen molar-refractivity contribution >= 4 is 23.5 Å². The van der Waals surface area contributed by atoms with Crippen LogP contribution >= 0.6 is 11.6 Å². The van der Waals surface area contributed by atoms with Gasteiger partial charge in [-0.2, -0.15) is 0 Å². The first-order chi connectivity index (χ1) is 14.8. The topological polar surface area (TPSA) is 147 Å². The van der Waals surface area contributed by atoms with Crippen molar-refractivity contribution in [3.05, 3.63) is 11.6 Å². The van der Waals surface area contributed by atoms with Crippen LogP contribution in [-0.2, 0) is 14.3 Å². The number of carbonyl (C=O) groups excluding carboxylic acids is 2. The molecule has 1 aliphatic heterocycles. The van der Waals surface area contributed by atoms with Gasteiger partial charge in [0.15, 0.2) is 0 Å². The predicted molar refractivity (Wildman–Crippen MR) is 121 cm³/mol. The van der Waals surface area contributed by atoms with Crippen molar-refractivity contribution in [3.63, 3.8) is 0 Å². The van der Waals surface area contributed by atoms with E-state index in [1.165, 1.54) is 12.7 Å². The van der Waals surface area contributed by atoms with Gasteiger partial charge < -0.3 is 26.8 Å². The second-order valence-electron chi connectivity index (χ2n) is 8.06. The Labute approximate surface area is 189 Å². The zero-order chi connectivity index (χ0) is 23.0. The van der Waals surface area contributed by atoms with Gasteiger partial charge in [-0.25, -0.2) is 0 Å². The largest absolute Gasteiger partial charge is 0.469 e. The molecule has 11 heteroatoms. The first-order valence-electron chi connectivity index (χ1n) is 10.9. The van der Waals surface area contributed by atoms with E-state index in [2.05, 4.69) is 39.2 Å². The molecule has 0 aromatic rings. The quantitative estimate of drug-likeness (QED) is 0.0717. The van der Waals surface area contributed by atoms with Gasteiger partial charge in [-0.3, -0.25) is 25.1 Å². The molecule has 0 spiro atoms. The highest BCUT2D eigenvalue weighted by atomic mass is 35.5. The minimum atomic E-state index is -0.590. The summed E-state index contributed by atoms with van der Waals surface area (Å²) in [5.41, 5.74) is 12.7. The van der Waals surface area contributed by atoms with Gasteiger partial charge in [0.2, 0.25) is 5.91 Å². The van der Waals surface area contributed by atoms with Crippen LogP contribution in [-0.4, -0.2) is 80.1 Å². The highest BCUT2D eigenvalue weighted by Crippen LogP contribution is 2.31. The van der Waals surface area contributed by atoms with E-state index in [0.717, 1.165) is 25.8 Å². The first-order valence-corrected chi connectivity index (χ1v) is 11.3. The molecule has 2 rings (SSSR count). The van der Waals surface area contributed by atoms with E-state index < -0.39 is 17.8 Å². The molecular formula is C20H38ClN7O3. The minimum absolute atomic E-state index is 0.0558. The summed E-state index contributed by atoms with van der Waals surface area (Å²) in [6.45, 7) is 3.48. The number of ether oxygens (including phenoxy) is 1. The Morgan fingerprint density at radius 1 is 1.42 bits per heavy atom. The van der Waals surface area contributed by atoms with E-state index in [1.807, 2.05) is 0 Å². The van der Waals surface area contributed by atoms with Crippen LogP contribution in [0.1, 0.15) is 39.0 Å². The number of nitrogens with one attached hydrogen (secondary N) is 4. The number of esters is 1. The third kappa shape index (κ3) is 7.67. The molecule has 6 atom stereocenters. The van der Waals surface area contributed by atoms with Crippen LogP contribution in [0.5, 0.6) is 0 Å². The minimum Gasteiger partial charge on any atom is -0.469 e. The number of carbonyl (C=O) groups is 2. The normalized spacial score (nSPS) is 26.5. The number of likely N-dealkylation sites (N-methyl/N-ethyl adjacent to an activating group) is 2. The standard InChI is InChI=1S/C20H38ClN7O3/c1-4-28-14-9-12(6-8-18(30)31-3)5-7-13(14)26-16(28)11-25-17(29)10-15(22)27-20(23)19(21)24-2/h5,13-16,19-20,24,26-27H,4,6-11,22-23H2,1-3H3,(H,25,29). The Bertz CT molecular complexity index is 636. The van der Waals surface area contributed by atoms with Crippen molar-refractivity contribution in [3.8, 4) is 0 Å². The second kappa shape index (κ2) is 12.7. The number of nitrogens with two attached hydrogens (primary N) is 2. The summed E-state index contributed by atoms with van der Waals surface area (Å²) in [5, 5.41) is 12.3. The van der Waals surface area contributed by atoms with Gasteiger partial charge in [-0.05, 0) is 32.9 Å². The predicted octanol–water partition coefficient (Wildman–Crippen LogP) is -0.902. The maximum absolute atomic E-state index is 12.3. The van der Waals surface area contributed by atoms with Crippen LogP contribution in [0.3, 0.4) is 0 Å². The number of methoxy groups -OCH3 is 1. The fourth-order valence-electron chi connectivity index (χ4n) is 4.30. The monoisotopic (exact) mass is 459 g/mol. The maximum atomic E-state index is 12.3. The molecule has 0 saturated carbocycles.